The molecule has 0 fully saturated rings. The number of nitrogen functional groups attached to an aromatic ring is 1. The first-order valence-corrected chi connectivity index (χ1v) is 7.02. The second-order valence-electron chi connectivity index (χ2n) is 5.24. The molecule has 1 heterocycles. The van der Waals surface area contributed by atoms with Gasteiger partial charge in [0, 0.05) is 5.69 Å². The van der Waals surface area contributed by atoms with Crippen LogP contribution < -0.4 is 11.1 Å². The van der Waals surface area contributed by atoms with Gasteiger partial charge in [0.1, 0.15) is 5.82 Å². The van der Waals surface area contributed by atoms with Crippen molar-refractivity contribution in [3.8, 4) is 0 Å². The number of aromatic nitrogens is 1. The number of nitrogens with two attached hydrogens (primary N) is 1. The molecular weight excluding hydrogens is 266 g/mol. The fraction of sp³-hybridized carbons (Fsp3) is 0.250. The minimum atomic E-state index is -1.05. The van der Waals surface area contributed by atoms with Crippen LogP contribution in [0, 0.1) is 0 Å². The molecule has 0 radical (unpaired) electrons. The van der Waals surface area contributed by atoms with Crippen LogP contribution in [0.1, 0.15) is 34.3 Å². The maximum absolute atomic E-state index is 11.1. The molecule has 1 aliphatic carbocycles. The van der Waals surface area contributed by atoms with Crippen molar-refractivity contribution in [3.05, 3.63) is 47.2 Å². The first-order valence-electron chi connectivity index (χ1n) is 7.02. The number of hydrogen-bond donors (Lipinski definition) is 3. The number of pyridine rings is 1. The van der Waals surface area contributed by atoms with E-state index in [1.165, 1.54) is 36.2 Å². The summed E-state index contributed by atoms with van der Waals surface area (Å²) >= 11 is 0. The highest BCUT2D eigenvalue weighted by Crippen LogP contribution is 2.30. The van der Waals surface area contributed by atoms with Gasteiger partial charge in [-0.25, -0.2) is 9.78 Å². The molecule has 4 N–H and O–H groups in total. The molecule has 0 saturated heterocycles. The molecule has 1 aliphatic rings. The van der Waals surface area contributed by atoms with Crippen molar-refractivity contribution in [3.63, 3.8) is 0 Å². The summed E-state index contributed by atoms with van der Waals surface area (Å²) in [5.41, 5.74) is 9.53. The average molecular weight is 283 g/mol. The summed E-state index contributed by atoms with van der Waals surface area (Å²) in [5, 5.41) is 12.3. The van der Waals surface area contributed by atoms with Gasteiger partial charge < -0.3 is 16.2 Å². The lowest BCUT2D eigenvalue weighted by Crippen LogP contribution is -2.08. The van der Waals surface area contributed by atoms with Crippen molar-refractivity contribution in [2.45, 2.75) is 25.7 Å². The summed E-state index contributed by atoms with van der Waals surface area (Å²) in [6, 6.07) is 7.64. The highest BCUT2D eigenvalue weighted by molar-refractivity contribution is 5.94. The lowest BCUT2D eigenvalue weighted by molar-refractivity contribution is 0.0698. The first-order chi connectivity index (χ1) is 10.1. The lowest BCUT2D eigenvalue weighted by Gasteiger charge is -2.20. The number of benzene rings is 1. The standard InChI is InChI=1S/C16H17N3O2/c17-13-9-18-15(8-12(13)16(20)21)19-14-7-3-5-10-4-1-2-6-11(10)14/h3,5,7-9H,1-2,4,6,17H2,(H,18,19)(H,20,21). The van der Waals surface area contributed by atoms with E-state index in [4.69, 9.17) is 10.8 Å². The maximum atomic E-state index is 11.1. The van der Waals surface area contributed by atoms with Crippen LogP contribution in [0.5, 0.6) is 0 Å². The number of rotatable bonds is 3. The van der Waals surface area contributed by atoms with E-state index in [9.17, 15) is 4.79 Å². The zero-order chi connectivity index (χ0) is 14.8. The molecule has 2 aromatic rings. The Morgan fingerprint density at radius 2 is 2.10 bits per heavy atom. The molecule has 108 valence electrons. The summed E-state index contributed by atoms with van der Waals surface area (Å²) in [5.74, 6) is -0.548. The molecule has 0 aliphatic heterocycles. The Morgan fingerprint density at radius 1 is 1.29 bits per heavy atom. The molecule has 0 unspecified atom stereocenters. The SMILES string of the molecule is Nc1cnc(Nc2cccc3c2CCCC3)cc1C(=O)O. The Morgan fingerprint density at radius 3 is 2.90 bits per heavy atom. The van der Waals surface area contributed by atoms with Crippen LogP contribution in [0.4, 0.5) is 17.2 Å². The Kier molecular flexibility index (Phi) is 3.48. The molecular formula is C16H17N3O2. The van der Waals surface area contributed by atoms with Crippen molar-refractivity contribution >= 4 is 23.2 Å². The molecule has 0 saturated carbocycles. The van der Waals surface area contributed by atoms with Gasteiger partial charge in [0.25, 0.3) is 0 Å². The molecule has 5 nitrogen and oxygen atoms in total. The average Bonchev–Trinajstić information content (AvgIpc) is 2.49. The second-order valence-corrected chi connectivity index (χ2v) is 5.24. The summed E-state index contributed by atoms with van der Waals surface area (Å²) in [7, 11) is 0. The summed E-state index contributed by atoms with van der Waals surface area (Å²) in [4.78, 5) is 15.3. The number of nitrogens with one attached hydrogen (secondary N) is 1. The van der Waals surface area contributed by atoms with Gasteiger partial charge in [-0.05, 0) is 48.9 Å². The van der Waals surface area contributed by atoms with Crippen molar-refractivity contribution in [1.82, 2.24) is 4.98 Å². The van der Waals surface area contributed by atoms with Gasteiger partial charge in [-0.2, -0.15) is 0 Å². The van der Waals surface area contributed by atoms with Crippen LogP contribution in [0.3, 0.4) is 0 Å². The van der Waals surface area contributed by atoms with Crippen LogP contribution in [0.2, 0.25) is 0 Å². The van der Waals surface area contributed by atoms with Crippen LogP contribution in [0.15, 0.2) is 30.5 Å². The number of aryl methyl sites for hydroxylation is 1. The van der Waals surface area contributed by atoms with Crippen molar-refractivity contribution in [2.75, 3.05) is 11.1 Å². The van der Waals surface area contributed by atoms with Gasteiger partial charge in [-0.15, -0.1) is 0 Å². The summed E-state index contributed by atoms with van der Waals surface area (Å²) in [6.07, 6.45) is 5.92. The molecule has 0 bridgehead atoms. The predicted octanol–water partition coefficient (Wildman–Crippen LogP) is 2.98. The Labute approximate surface area is 122 Å². The first kappa shape index (κ1) is 13.4. The van der Waals surface area contributed by atoms with Crippen molar-refractivity contribution in [1.29, 1.82) is 0 Å². The van der Waals surface area contributed by atoms with Crippen molar-refractivity contribution in [2.24, 2.45) is 0 Å². The highest BCUT2D eigenvalue weighted by Gasteiger charge is 2.14. The summed E-state index contributed by atoms with van der Waals surface area (Å²) < 4.78 is 0. The Bertz CT molecular complexity index is 698. The zero-order valence-corrected chi connectivity index (χ0v) is 11.6. The predicted molar refractivity (Wildman–Crippen MR) is 82.0 cm³/mol. The number of carboxylic acid groups (broad SMARTS) is 1. The second kappa shape index (κ2) is 5.44. The zero-order valence-electron chi connectivity index (χ0n) is 11.6. The number of nitrogens with zero attached hydrogens (tertiary/aromatic N) is 1. The van der Waals surface area contributed by atoms with Crippen LogP contribution >= 0.6 is 0 Å². The quantitative estimate of drug-likeness (QED) is 0.806. The molecule has 0 atom stereocenters. The third kappa shape index (κ3) is 2.67. The smallest absolute Gasteiger partial charge is 0.337 e. The van der Waals surface area contributed by atoms with Crippen LogP contribution in [-0.4, -0.2) is 16.1 Å². The molecule has 21 heavy (non-hydrogen) atoms. The van der Waals surface area contributed by atoms with E-state index in [1.807, 2.05) is 12.1 Å². The molecule has 1 aromatic carbocycles. The summed E-state index contributed by atoms with van der Waals surface area (Å²) in [6.45, 7) is 0. The Hall–Kier alpha value is -2.56. The van der Waals surface area contributed by atoms with Gasteiger partial charge >= 0.3 is 5.97 Å². The largest absolute Gasteiger partial charge is 0.478 e. The van der Waals surface area contributed by atoms with E-state index in [2.05, 4.69) is 16.4 Å². The third-order valence-electron chi connectivity index (χ3n) is 3.82. The van der Waals surface area contributed by atoms with E-state index in [1.54, 1.807) is 0 Å². The number of carbonyl (C=O) groups is 1. The van der Waals surface area contributed by atoms with E-state index < -0.39 is 5.97 Å². The number of fused-ring (bicyclic) bond motifs is 1. The monoisotopic (exact) mass is 283 g/mol. The number of carboxylic acids is 1. The van der Waals surface area contributed by atoms with Gasteiger partial charge in [0.2, 0.25) is 0 Å². The fourth-order valence-corrected chi connectivity index (χ4v) is 2.76. The van der Waals surface area contributed by atoms with Crippen LogP contribution in [0.25, 0.3) is 0 Å². The van der Waals surface area contributed by atoms with Crippen LogP contribution in [-0.2, 0) is 12.8 Å². The van der Waals surface area contributed by atoms with E-state index in [0.29, 0.717) is 5.82 Å². The van der Waals surface area contributed by atoms with Gasteiger partial charge in [-0.3, -0.25) is 0 Å². The lowest BCUT2D eigenvalue weighted by atomic mass is 9.90. The number of hydrogen-bond acceptors (Lipinski definition) is 4. The highest BCUT2D eigenvalue weighted by atomic mass is 16.4. The molecule has 3 rings (SSSR count). The number of anilines is 3. The maximum Gasteiger partial charge on any atom is 0.337 e. The minimum Gasteiger partial charge on any atom is -0.478 e. The molecule has 5 heteroatoms. The molecule has 0 amide bonds. The van der Waals surface area contributed by atoms with E-state index in [-0.39, 0.29) is 11.3 Å². The minimum absolute atomic E-state index is 0.0669. The van der Waals surface area contributed by atoms with E-state index >= 15 is 0 Å². The Balaban J connectivity index is 1.94. The van der Waals surface area contributed by atoms with Gasteiger partial charge in [-0.1, -0.05) is 12.1 Å². The third-order valence-corrected chi connectivity index (χ3v) is 3.82. The topological polar surface area (TPSA) is 88.2 Å². The fourth-order valence-electron chi connectivity index (χ4n) is 2.76. The van der Waals surface area contributed by atoms with Crippen molar-refractivity contribution < 1.29 is 9.90 Å². The number of aromatic carboxylic acids is 1. The molecule has 0 spiro atoms. The van der Waals surface area contributed by atoms with Gasteiger partial charge in [0.15, 0.2) is 0 Å². The van der Waals surface area contributed by atoms with Gasteiger partial charge in [0.05, 0.1) is 17.4 Å². The van der Waals surface area contributed by atoms with E-state index in [0.717, 1.165) is 18.5 Å². The normalized spacial score (nSPS) is 13.5. The molecule has 1 aromatic heterocycles.